The van der Waals surface area contributed by atoms with Crippen LogP contribution in [0.1, 0.15) is 32.6 Å². The van der Waals surface area contributed by atoms with Gasteiger partial charge in [-0.15, -0.1) is 0 Å². The first-order valence-corrected chi connectivity index (χ1v) is 8.30. The molecule has 0 aromatic carbocycles. The first-order chi connectivity index (χ1) is 10.4. The highest BCUT2D eigenvalue weighted by Crippen LogP contribution is 2.38. The average Bonchev–Trinajstić information content (AvgIpc) is 2.99. The highest BCUT2D eigenvalue weighted by atomic mass is 16.2. The number of nitrogens with one attached hydrogen (secondary N) is 2. The summed E-state index contributed by atoms with van der Waals surface area (Å²) in [5, 5.41) is 6.67. The third kappa shape index (κ3) is 5.16. The van der Waals surface area contributed by atoms with E-state index in [0.29, 0.717) is 6.54 Å². The number of hydrogen-bond donors (Lipinski definition) is 2. The van der Waals surface area contributed by atoms with E-state index in [9.17, 15) is 4.79 Å². The summed E-state index contributed by atoms with van der Waals surface area (Å²) in [6.45, 7) is 5.66. The lowest BCUT2D eigenvalue weighted by Crippen LogP contribution is -2.49. The van der Waals surface area contributed by atoms with Gasteiger partial charge < -0.3 is 20.4 Å². The molecule has 0 heterocycles. The maximum absolute atomic E-state index is 12.5. The molecule has 0 aromatic heterocycles. The van der Waals surface area contributed by atoms with E-state index >= 15 is 0 Å². The highest BCUT2D eigenvalue weighted by Gasteiger charge is 2.42. The summed E-state index contributed by atoms with van der Waals surface area (Å²) < 4.78 is 0. The summed E-state index contributed by atoms with van der Waals surface area (Å²) in [5.41, 5.74) is -0.263. The maximum Gasteiger partial charge on any atom is 0.230 e. The van der Waals surface area contributed by atoms with Crippen LogP contribution in [0.4, 0.5) is 0 Å². The van der Waals surface area contributed by atoms with Crippen molar-refractivity contribution >= 4 is 11.9 Å². The van der Waals surface area contributed by atoms with Crippen LogP contribution in [0.25, 0.3) is 0 Å². The number of amides is 1. The van der Waals surface area contributed by atoms with Crippen LogP contribution >= 0.6 is 0 Å². The Kier molecular flexibility index (Phi) is 7.65. The van der Waals surface area contributed by atoms with Gasteiger partial charge in [0.25, 0.3) is 0 Å². The second kappa shape index (κ2) is 8.98. The molecule has 1 fully saturated rings. The van der Waals surface area contributed by atoms with E-state index in [1.165, 1.54) is 0 Å². The van der Waals surface area contributed by atoms with Crippen molar-refractivity contribution in [1.29, 1.82) is 0 Å². The Hall–Kier alpha value is -1.30. The van der Waals surface area contributed by atoms with Crippen LogP contribution in [0.5, 0.6) is 0 Å². The van der Waals surface area contributed by atoms with E-state index < -0.39 is 0 Å². The molecule has 6 heteroatoms. The van der Waals surface area contributed by atoms with Gasteiger partial charge in [0.1, 0.15) is 0 Å². The number of nitrogens with zero attached hydrogens (tertiary/aromatic N) is 3. The van der Waals surface area contributed by atoms with Gasteiger partial charge in [-0.3, -0.25) is 9.79 Å². The van der Waals surface area contributed by atoms with E-state index in [-0.39, 0.29) is 11.3 Å². The van der Waals surface area contributed by atoms with E-state index in [0.717, 1.165) is 51.3 Å². The predicted molar refractivity (Wildman–Crippen MR) is 92.1 cm³/mol. The third-order valence-corrected chi connectivity index (χ3v) is 4.56. The van der Waals surface area contributed by atoms with Gasteiger partial charge in [0.05, 0.1) is 5.41 Å². The molecule has 1 aliphatic rings. The Balaban J connectivity index is 2.51. The molecule has 1 aliphatic carbocycles. The number of guanidine groups is 1. The first kappa shape index (κ1) is 18.7. The van der Waals surface area contributed by atoms with Gasteiger partial charge in [-0.1, -0.05) is 19.8 Å². The minimum Gasteiger partial charge on any atom is -0.355 e. The zero-order valence-corrected chi connectivity index (χ0v) is 14.9. The number of aliphatic imine (C=N–C) groups is 1. The lowest BCUT2D eigenvalue weighted by Gasteiger charge is -2.31. The van der Waals surface area contributed by atoms with Crippen molar-refractivity contribution in [2.75, 3.05) is 54.4 Å². The summed E-state index contributed by atoms with van der Waals surface area (Å²) in [4.78, 5) is 20.8. The third-order valence-electron chi connectivity index (χ3n) is 4.56. The zero-order chi connectivity index (χ0) is 16.6. The van der Waals surface area contributed by atoms with Crippen LogP contribution in [-0.2, 0) is 4.79 Å². The monoisotopic (exact) mass is 311 g/mol. The van der Waals surface area contributed by atoms with Gasteiger partial charge in [0, 0.05) is 40.8 Å². The van der Waals surface area contributed by atoms with Crippen molar-refractivity contribution in [3.63, 3.8) is 0 Å². The Morgan fingerprint density at radius 1 is 1.18 bits per heavy atom. The molecule has 0 spiro atoms. The molecule has 0 aliphatic heterocycles. The van der Waals surface area contributed by atoms with Crippen LogP contribution in [-0.4, -0.2) is 76.0 Å². The second-order valence-corrected chi connectivity index (χ2v) is 6.44. The molecular formula is C16H33N5O. The average molecular weight is 311 g/mol. The van der Waals surface area contributed by atoms with Gasteiger partial charge in [0.2, 0.25) is 5.91 Å². The van der Waals surface area contributed by atoms with Gasteiger partial charge in [-0.2, -0.15) is 0 Å². The molecule has 0 aromatic rings. The molecule has 0 radical (unpaired) electrons. The molecule has 0 unspecified atom stereocenters. The van der Waals surface area contributed by atoms with E-state index in [4.69, 9.17) is 0 Å². The molecule has 0 saturated heterocycles. The molecule has 1 amide bonds. The summed E-state index contributed by atoms with van der Waals surface area (Å²) in [6.07, 6.45) is 4.20. The quantitative estimate of drug-likeness (QED) is 0.538. The molecule has 22 heavy (non-hydrogen) atoms. The van der Waals surface area contributed by atoms with E-state index in [2.05, 4.69) is 34.5 Å². The van der Waals surface area contributed by atoms with Crippen molar-refractivity contribution in [3.8, 4) is 0 Å². The lowest BCUT2D eigenvalue weighted by atomic mass is 9.84. The number of carbonyl (C=O) groups excluding carboxylic acids is 1. The first-order valence-electron chi connectivity index (χ1n) is 8.30. The minimum absolute atomic E-state index is 0.235. The van der Waals surface area contributed by atoms with Gasteiger partial charge in [-0.05, 0) is 26.4 Å². The van der Waals surface area contributed by atoms with Gasteiger partial charge >= 0.3 is 0 Å². The van der Waals surface area contributed by atoms with Crippen LogP contribution in [0.3, 0.4) is 0 Å². The van der Waals surface area contributed by atoms with Crippen LogP contribution in [0.2, 0.25) is 0 Å². The largest absolute Gasteiger partial charge is 0.355 e. The van der Waals surface area contributed by atoms with Gasteiger partial charge in [-0.25, -0.2) is 0 Å². The number of rotatable bonds is 7. The predicted octanol–water partition coefficient (Wildman–Crippen LogP) is 0.752. The smallest absolute Gasteiger partial charge is 0.230 e. The van der Waals surface area contributed by atoms with E-state index in [1.54, 1.807) is 11.9 Å². The fourth-order valence-electron chi connectivity index (χ4n) is 2.99. The van der Waals surface area contributed by atoms with Crippen molar-refractivity contribution in [2.45, 2.75) is 32.6 Å². The fourth-order valence-corrected chi connectivity index (χ4v) is 2.99. The number of likely N-dealkylation sites (N-methyl/N-ethyl adjacent to an activating group) is 1. The lowest BCUT2D eigenvalue weighted by molar-refractivity contribution is -0.138. The summed E-state index contributed by atoms with van der Waals surface area (Å²) in [7, 11) is 7.56. The highest BCUT2D eigenvalue weighted by molar-refractivity contribution is 5.85. The molecule has 1 rings (SSSR count). The summed E-state index contributed by atoms with van der Waals surface area (Å²) >= 11 is 0. The molecular weight excluding hydrogens is 278 g/mol. The molecule has 0 atom stereocenters. The Morgan fingerprint density at radius 2 is 1.82 bits per heavy atom. The topological polar surface area (TPSA) is 60.0 Å². The van der Waals surface area contributed by atoms with E-state index in [1.807, 2.05) is 14.1 Å². The maximum atomic E-state index is 12.5. The zero-order valence-electron chi connectivity index (χ0n) is 14.9. The van der Waals surface area contributed by atoms with Crippen LogP contribution < -0.4 is 10.6 Å². The minimum atomic E-state index is -0.263. The Bertz CT molecular complexity index is 375. The number of hydrogen-bond acceptors (Lipinski definition) is 3. The SMILES string of the molecule is CCN(C)CCNC(=NC)NCC1(C(=O)N(C)C)CCCC1. The normalized spacial score (nSPS) is 17.6. The molecule has 6 nitrogen and oxygen atoms in total. The molecule has 1 saturated carbocycles. The fraction of sp³-hybridized carbons (Fsp3) is 0.875. The molecule has 0 bridgehead atoms. The molecule has 2 N–H and O–H groups in total. The second-order valence-electron chi connectivity index (χ2n) is 6.44. The van der Waals surface area contributed by atoms with Crippen molar-refractivity contribution in [1.82, 2.24) is 20.4 Å². The van der Waals surface area contributed by atoms with Crippen LogP contribution in [0.15, 0.2) is 4.99 Å². The molecule has 128 valence electrons. The standard InChI is InChI=1S/C16H33N5O/c1-6-21(5)12-11-18-15(17-2)19-13-16(9-7-8-10-16)14(22)20(3)4/h6-13H2,1-5H3,(H2,17,18,19). The summed E-state index contributed by atoms with van der Waals surface area (Å²) in [5.74, 6) is 1.01. The van der Waals surface area contributed by atoms with Gasteiger partial charge in [0.15, 0.2) is 5.96 Å². The van der Waals surface area contributed by atoms with Crippen molar-refractivity contribution in [3.05, 3.63) is 0 Å². The Morgan fingerprint density at radius 3 is 2.32 bits per heavy atom. The van der Waals surface area contributed by atoms with Crippen LogP contribution in [0, 0.1) is 5.41 Å². The van der Waals surface area contributed by atoms with Crippen molar-refractivity contribution < 1.29 is 4.79 Å². The van der Waals surface area contributed by atoms with Crippen molar-refractivity contribution in [2.24, 2.45) is 10.4 Å². The number of carbonyl (C=O) groups is 1. The summed E-state index contributed by atoms with van der Waals surface area (Å²) in [6, 6.07) is 0. The Labute approximate surface area is 135 Å².